The minimum Gasteiger partial charge on any atom is -0.462 e. The maximum atomic E-state index is 13.0. The van der Waals surface area contributed by atoms with Gasteiger partial charge in [-0.15, -0.1) is 0 Å². The van der Waals surface area contributed by atoms with Crippen molar-refractivity contribution in [1.29, 1.82) is 0 Å². The number of anilines is 2. The lowest BCUT2D eigenvalue weighted by Crippen LogP contribution is -2.49. The number of nitrogen functional groups attached to an aromatic ring is 1. The van der Waals surface area contributed by atoms with Crippen molar-refractivity contribution in [1.82, 2.24) is 25.2 Å². The third kappa shape index (κ3) is 12.2. The van der Waals surface area contributed by atoms with Gasteiger partial charge in [0.2, 0.25) is 17.7 Å². The maximum absolute atomic E-state index is 13.0. The molecule has 0 saturated carbocycles. The van der Waals surface area contributed by atoms with Gasteiger partial charge in [0.05, 0.1) is 20.3 Å². The number of carbonyl (C=O) groups excluding carboxylic acids is 3. The number of carbonyl (C=O) groups is 3. The molecule has 67 heavy (non-hydrogen) atoms. The number of aromatic amines is 1. The fraction of sp³-hybridized carbons (Fsp3) is 0.528. The van der Waals surface area contributed by atoms with Crippen LogP contribution in [0.5, 0.6) is 0 Å². The van der Waals surface area contributed by atoms with Crippen molar-refractivity contribution in [3.05, 3.63) is 56.4 Å². The topological polar surface area (TPSA) is 397 Å². The molecule has 0 radical (unpaired) electrons. The van der Waals surface area contributed by atoms with Gasteiger partial charge in [0.15, 0.2) is 18.5 Å². The van der Waals surface area contributed by atoms with E-state index in [4.69, 9.17) is 38.7 Å². The molecular weight excluding hydrogens is 957 g/mol. The SMILES string of the molecule is CCOC(=O)c1cc2cc3c(cc2oc1=O)N(CCCC(=O)NCCNC(=O)O[C@H]1[C@@H](O)[C@H]([n+]2cn(C)c4c(=O)[nH]c(N)nc42)O[C@@H]1COP(=O)(O)OP(=O)(O)OP(=O)(O)O)C(C)(C)CC3C. The Balaban J connectivity index is 1.06. The fourth-order valence-electron chi connectivity index (χ4n) is 8.05. The third-order valence-electron chi connectivity index (χ3n) is 10.7. The number of amides is 2. The Kier molecular flexibility index (Phi) is 15.2. The lowest BCUT2D eigenvalue weighted by atomic mass is 9.79. The Labute approximate surface area is 378 Å². The van der Waals surface area contributed by atoms with Gasteiger partial charge in [0.1, 0.15) is 17.3 Å². The first-order valence-corrected chi connectivity index (χ1v) is 24.9. The van der Waals surface area contributed by atoms with E-state index in [-0.39, 0.29) is 71.7 Å². The third-order valence-corrected chi connectivity index (χ3v) is 14.5. The largest absolute Gasteiger partial charge is 0.490 e. The minimum atomic E-state index is -5.91. The van der Waals surface area contributed by atoms with Crippen LogP contribution in [0.15, 0.2) is 38.5 Å². The summed E-state index contributed by atoms with van der Waals surface area (Å²) in [6.07, 6.45) is -5.56. The molecule has 0 spiro atoms. The number of fused-ring (bicyclic) bond motifs is 3. The van der Waals surface area contributed by atoms with E-state index in [2.05, 4.69) is 54.9 Å². The van der Waals surface area contributed by atoms with E-state index in [1.54, 1.807) is 13.0 Å². The number of phosphoric ester groups is 1. The summed E-state index contributed by atoms with van der Waals surface area (Å²) >= 11 is 0. The number of benzene rings is 1. The normalized spacial score (nSPS) is 22.2. The van der Waals surface area contributed by atoms with Crippen molar-refractivity contribution in [3.8, 4) is 0 Å². The van der Waals surface area contributed by atoms with E-state index >= 15 is 0 Å². The quantitative estimate of drug-likeness (QED) is 0.0219. The van der Waals surface area contributed by atoms with Crippen molar-refractivity contribution in [2.24, 2.45) is 7.05 Å². The molecule has 2 aliphatic rings. The summed E-state index contributed by atoms with van der Waals surface area (Å²) in [5, 5.41) is 17.0. The Hall–Kier alpha value is -5.08. The molecule has 7 atom stereocenters. The summed E-state index contributed by atoms with van der Waals surface area (Å²) in [7, 11) is -15.9. The number of H-pyrrole nitrogens is 1. The zero-order chi connectivity index (χ0) is 49.4. The highest BCUT2D eigenvalue weighted by Gasteiger charge is 2.51. The average molecular weight is 1010 g/mol. The number of ether oxygens (including phenoxy) is 3. The molecule has 2 amide bonds. The van der Waals surface area contributed by atoms with Gasteiger partial charge in [-0.2, -0.15) is 8.62 Å². The zero-order valence-electron chi connectivity index (χ0n) is 36.4. The van der Waals surface area contributed by atoms with Gasteiger partial charge in [-0.3, -0.25) is 23.7 Å². The first-order valence-electron chi connectivity index (χ1n) is 20.3. The van der Waals surface area contributed by atoms with Crippen molar-refractivity contribution in [2.45, 2.75) is 83.0 Å². The van der Waals surface area contributed by atoms with Crippen LogP contribution in [0, 0.1) is 0 Å². The lowest BCUT2D eigenvalue weighted by molar-refractivity contribution is -0.745. The molecule has 5 heterocycles. The molecule has 4 aromatic rings. The highest BCUT2D eigenvalue weighted by Crippen LogP contribution is 2.66. The summed E-state index contributed by atoms with van der Waals surface area (Å²) in [4.78, 5) is 109. The molecule has 31 heteroatoms. The van der Waals surface area contributed by atoms with Crippen LogP contribution in [-0.4, -0.2) is 114 Å². The monoisotopic (exact) mass is 1010 g/mol. The highest BCUT2D eigenvalue weighted by atomic mass is 31.3. The average Bonchev–Trinajstić information content (AvgIpc) is 3.68. The van der Waals surface area contributed by atoms with Crippen molar-refractivity contribution in [3.63, 3.8) is 0 Å². The van der Waals surface area contributed by atoms with Crippen LogP contribution in [0.25, 0.3) is 22.1 Å². The number of esters is 1. The predicted molar refractivity (Wildman–Crippen MR) is 229 cm³/mol. The van der Waals surface area contributed by atoms with E-state index < -0.39 is 77.9 Å². The number of nitrogens with two attached hydrogens (primary N) is 1. The molecule has 3 unspecified atom stereocenters. The highest BCUT2D eigenvalue weighted by molar-refractivity contribution is 7.66. The standard InChI is InChI=1S/C36H49N8O20P3/c1-6-58-32(48)21-13-19-12-20-18(2)15-36(3,4)44(22(20)14-23(19)61-33(21)49)11-7-8-25(45)38-9-10-39-35(50)62-28-24(16-59-66(54,55)64-67(56,57)63-65(51,52)53)60-31(27(28)46)43-17-42(5)26-29(43)40-34(37)41-30(26)47/h12-14,17-18,24,27-28,31,46H,6-11,15-16H2,1-5H3,(H8-,37,38,39,40,41,45,47,50,51,52,53,54,55,56,57)/p+1/t18?,24-,27-,28-,31-/m1/s1. The summed E-state index contributed by atoms with van der Waals surface area (Å²) in [5.74, 6) is -1.34. The predicted octanol–water partition coefficient (Wildman–Crippen LogP) is 0.800. The number of nitrogens with zero attached hydrogens (tertiary/aromatic N) is 4. The molecule has 10 N–H and O–H groups in total. The van der Waals surface area contributed by atoms with Crippen molar-refractivity contribution in [2.75, 3.05) is 43.5 Å². The molecule has 0 bridgehead atoms. The van der Waals surface area contributed by atoms with Crippen LogP contribution in [0.3, 0.4) is 0 Å². The Bertz CT molecular complexity index is 2830. The van der Waals surface area contributed by atoms with Crippen LogP contribution >= 0.6 is 23.5 Å². The molecule has 1 fully saturated rings. The van der Waals surface area contributed by atoms with Crippen LogP contribution in [0.2, 0.25) is 0 Å². The van der Waals surface area contributed by atoms with Crippen molar-refractivity contribution < 1.29 is 89.1 Å². The van der Waals surface area contributed by atoms with Gasteiger partial charge in [0.25, 0.3) is 11.5 Å². The van der Waals surface area contributed by atoms with Gasteiger partial charge in [-0.05, 0) is 57.2 Å². The minimum absolute atomic E-state index is 0.0349. The number of aromatic nitrogens is 4. The maximum Gasteiger partial charge on any atom is 0.490 e. The second-order valence-electron chi connectivity index (χ2n) is 16.1. The fourth-order valence-corrected chi connectivity index (χ4v) is 11.1. The molecule has 368 valence electrons. The molecular formula is C36H50N8O20P3+. The van der Waals surface area contributed by atoms with Crippen molar-refractivity contribution >= 4 is 75.2 Å². The molecule has 2 aliphatic heterocycles. The number of aliphatic hydroxyl groups is 1. The number of imidazole rings is 1. The van der Waals surface area contributed by atoms with Gasteiger partial charge in [-0.1, -0.05) is 11.9 Å². The van der Waals surface area contributed by atoms with Gasteiger partial charge >= 0.3 is 46.8 Å². The molecule has 0 aliphatic carbocycles. The second kappa shape index (κ2) is 19.9. The number of phosphoric acid groups is 3. The van der Waals surface area contributed by atoms with Gasteiger partial charge in [-0.25, -0.2) is 32.6 Å². The number of hydrogen-bond acceptors (Lipinski definition) is 19. The molecule has 28 nitrogen and oxygen atoms in total. The summed E-state index contributed by atoms with van der Waals surface area (Å²) in [5.41, 5.74) is 5.59. The first-order chi connectivity index (χ1) is 31.2. The van der Waals surface area contributed by atoms with Crippen LogP contribution in [0.4, 0.5) is 16.4 Å². The van der Waals surface area contributed by atoms with Gasteiger partial charge in [0, 0.05) is 48.7 Å². The molecule has 1 aromatic carbocycles. The number of aryl methyl sites for hydroxylation is 1. The molecule has 3 aromatic heterocycles. The van der Waals surface area contributed by atoms with Gasteiger partial charge < -0.3 is 64.6 Å². The molecule has 1 saturated heterocycles. The Morgan fingerprint density at radius 3 is 2.45 bits per heavy atom. The van der Waals surface area contributed by atoms with E-state index in [1.165, 1.54) is 24.0 Å². The number of nitrogens with one attached hydrogen (secondary N) is 3. The summed E-state index contributed by atoms with van der Waals surface area (Å²) in [6.45, 7) is 6.94. The van der Waals surface area contributed by atoms with Crippen LogP contribution < -0.4 is 37.0 Å². The smallest absolute Gasteiger partial charge is 0.462 e. The number of alkyl carbamates (subject to hydrolysis) is 1. The van der Waals surface area contributed by atoms with E-state index in [0.29, 0.717) is 18.4 Å². The lowest BCUT2D eigenvalue weighted by Gasteiger charge is -2.47. The van der Waals surface area contributed by atoms with E-state index in [0.717, 1.165) is 22.2 Å². The number of aliphatic hydroxyl groups excluding tert-OH is 1. The van der Waals surface area contributed by atoms with E-state index in [1.807, 2.05) is 6.07 Å². The summed E-state index contributed by atoms with van der Waals surface area (Å²) in [6, 6.07) is 5.11. The number of hydrogen-bond donors (Lipinski definition) is 9. The van der Waals surface area contributed by atoms with Crippen LogP contribution in [0.1, 0.15) is 75.0 Å². The van der Waals surface area contributed by atoms with Crippen LogP contribution in [-0.2, 0) is 52.9 Å². The van der Waals surface area contributed by atoms with E-state index in [9.17, 15) is 52.6 Å². The second-order valence-corrected chi connectivity index (χ2v) is 20.6. The summed E-state index contributed by atoms with van der Waals surface area (Å²) < 4.78 is 71.8. The zero-order valence-corrected chi connectivity index (χ0v) is 39.1. The first kappa shape index (κ1) is 51.3. The molecule has 6 rings (SSSR count). The number of rotatable bonds is 18. The Morgan fingerprint density at radius 1 is 1.06 bits per heavy atom. The Morgan fingerprint density at radius 2 is 1.76 bits per heavy atom.